The molecule has 0 saturated heterocycles. The molecule has 0 fully saturated rings. The van der Waals surface area contributed by atoms with Gasteiger partial charge in [-0.3, -0.25) is 28.8 Å². The fraction of sp³-hybridized carbons (Fsp3) is 0.350. The average Bonchev–Trinajstić information content (AvgIpc) is 3.12. The van der Waals surface area contributed by atoms with Crippen LogP contribution in [-0.2, 0) is 41.9 Å². The van der Waals surface area contributed by atoms with E-state index in [1.807, 2.05) is 48.5 Å². The highest BCUT2D eigenvalue weighted by molar-refractivity contribution is 5.99. The summed E-state index contributed by atoms with van der Waals surface area (Å²) in [6.07, 6.45) is -0.425. The minimum absolute atomic E-state index is 0.0283. The molecule has 1 aliphatic heterocycles. The second-order valence-electron chi connectivity index (χ2n) is 12.9. The highest BCUT2D eigenvalue weighted by Gasteiger charge is 2.28. The van der Waals surface area contributed by atoms with Gasteiger partial charge in [0.1, 0.15) is 11.8 Å². The largest absolute Gasteiger partial charge is 0.392 e. The van der Waals surface area contributed by atoms with Crippen LogP contribution in [-0.4, -0.2) is 52.9 Å². The third kappa shape index (κ3) is 11.2. The van der Waals surface area contributed by atoms with Gasteiger partial charge in [0.05, 0.1) is 25.4 Å². The first-order valence-corrected chi connectivity index (χ1v) is 17.1. The lowest BCUT2D eigenvalue weighted by Crippen LogP contribution is -2.46. The molecule has 4 amide bonds. The number of hydrogen-bond donors (Lipinski definition) is 4. The van der Waals surface area contributed by atoms with Crippen LogP contribution in [0.4, 0.5) is 11.4 Å². The summed E-state index contributed by atoms with van der Waals surface area (Å²) >= 11 is 0. The number of rotatable bonds is 16. The fourth-order valence-electron chi connectivity index (χ4n) is 5.53. The zero-order valence-corrected chi connectivity index (χ0v) is 29.2. The third-order valence-electron chi connectivity index (χ3n) is 8.65. The maximum Gasteiger partial charge on any atom is 0.246 e. The molecule has 51 heavy (non-hydrogen) atoms. The molecule has 0 aromatic heterocycles. The minimum atomic E-state index is -0.880. The van der Waals surface area contributed by atoms with Crippen molar-refractivity contribution < 1.29 is 33.9 Å². The number of amides is 4. The van der Waals surface area contributed by atoms with Crippen molar-refractivity contribution >= 4 is 46.6 Å². The fourth-order valence-corrected chi connectivity index (χ4v) is 5.53. The van der Waals surface area contributed by atoms with E-state index >= 15 is 0 Å². The van der Waals surface area contributed by atoms with Crippen molar-refractivity contribution in [3.8, 4) is 11.8 Å². The van der Waals surface area contributed by atoms with Crippen LogP contribution < -0.4 is 20.9 Å². The molecular formula is C40H44N4O7. The Bertz CT molecular complexity index is 1820. The molecule has 0 bridgehead atoms. The van der Waals surface area contributed by atoms with Gasteiger partial charge in [-0.1, -0.05) is 68.2 Å². The van der Waals surface area contributed by atoms with Crippen LogP contribution in [0.15, 0.2) is 72.8 Å². The molecule has 0 radical (unpaired) electrons. The summed E-state index contributed by atoms with van der Waals surface area (Å²) < 4.78 is 0. The molecule has 4 rings (SSSR count). The Labute approximate surface area is 298 Å². The Morgan fingerprint density at radius 3 is 2.12 bits per heavy atom. The van der Waals surface area contributed by atoms with Gasteiger partial charge in [-0.05, 0) is 54.3 Å². The van der Waals surface area contributed by atoms with E-state index < -0.39 is 29.7 Å². The summed E-state index contributed by atoms with van der Waals surface area (Å²) in [5.41, 5.74) is 4.35. The summed E-state index contributed by atoms with van der Waals surface area (Å²) in [5, 5.41) is 17.1. The third-order valence-corrected chi connectivity index (χ3v) is 8.65. The Balaban J connectivity index is 1.19. The Hall–Kier alpha value is -5.60. The van der Waals surface area contributed by atoms with Gasteiger partial charge in [0.15, 0.2) is 5.78 Å². The standard InChI is InChI=1S/C40H44N4O7/c1-26(2)35(40(51)42-27(3)39(50)43-32-16-12-28(25-45)13-17-32)22-34(47)23-41-37(48)20-18-33(46)19-21-38(49)44-24-31-10-5-4-8-29(31)14-15-30-9-6-7-11-36(30)44/h4-13,16-17,26-27,35,45H,18-25H2,1-3H3,(H,41,48)(H,42,51)(H,43,50)/t27-,35-/m0/s1. The predicted molar refractivity (Wildman–Crippen MR) is 193 cm³/mol. The second kappa shape index (κ2) is 18.4. The van der Waals surface area contributed by atoms with Crippen molar-refractivity contribution in [2.75, 3.05) is 16.8 Å². The SMILES string of the molecule is CC(C)[C@H](CC(=O)CNC(=O)CCC(=O)CCC(=O)N1Cc2ccccc2C#Cc2ccccc21)C(=O)N[C@@H](C)C(=O)Nc1ccc(CO)cc1. The molecule has 11 nitrogen and oxygen atoms in total. The van der Waals surface area contributed by atoms with Gasteiger partial charge in [0.2, 0.25) is 23.6 Å². The lowest BCUT2D eigenvalue weighted by atomic mass is 9.89. The van der Waals surface area contributed by atoms with Crippen LogP contribution in [0.2, 0.25) is 0 Å². The van der Waals surface area contributed by atoms with Crippen molar-refractivity contribution in [2.24, 2.45) is 11.8 Å². The number of carbonyl (C=O) groups excluding carboxylic acids is 6. The Morgan fingerprint density at radius 2 is 1.41 bits per heavy atom. The topological polar surface area (TPSA) is 162 Å². The molecule has 3 aromatic rings. The summed E-state index contributed by atoms with van der Waals surface area (Å²) in [4.78, 5) is 78.6. The zero-order chi connectivity index (χ0) is 36.9. The van der Waals surface area contributed by atoms with Crippen LogP contribution in [0.3, 0.4) is 0 Å². The second-order valence-corrected chi connectivity index (χ2v) is 12.9. The van der Waals surface area contributed by atoms with E-state index in [0.29, 0.717) is 23.5 Å². The van der Waals surface area contributed by atoms with Gasteiger partial charge in [0, 0.05) is 54.8 Å². The number of aliphatic hydroxyl groups excluding tert-OH is 1. The van der Waals surface area contributed by atoms with Crippen molar-refractivity contribution in [1.82, 2.24) is 10.6 Å². The number of ketones is 2. The van der Waals surface area contributed by atoms with Crippen molar-refractivity contribution in [3.63, 3.8) is 0 Å². The molecule has 11 heteroatoms. The van der Waals surface area contributed by atoms with Gasteiger partial charge in [0.25, 0.3) is 0 Å². The molecule has 0 unspecified atom stereocenters. The lowest BCUT2D eigenvalue weighted by molar-refractivity contribution is -0.133. The molecular weight excluding hydrogens is 648 g/mol. The zero-order valence-electron chi connectivity index (χ0n) is 29.2. The van der Waals surface area contributed by atoms with E-state index in [4.69, 9.17) is 0 Å². The van der Waals surface area contributed by atoms with E-state index in [2.05, 4.69) is 27.8 Å². The van der Waals surface area contributed by atoms with Gasteiger partial charge in [-0.15, -0.1) is 0 Å². The normalized spacial score (nSPS) is 12.8. The highest BCUT2D eigenvalue weighted by atomic mass is 16.3. The molecule has 3 aromatic carbocycles. The number of nitrogens with one attached hydrogen (secondary N) is 3. The van der Waals surface area contributed by atoms with Gasteiger partial charge < -0.3 is 26.0 Å². The Morgan fingerprint density at radius 1 is 0.765 bits per heavy atom. The molecule has 4 N–H and O–H groups in total. The quantitative estimate of drug-likeness (QED) is 0.165. The highest BCUT2D eigenvalue weighted by Crippen LogP contribution is 2.26. The number of benzene rings is 3. The van der Waals surface area contributed by atoms with Crippen LogP contribution in [0.25, 0.3) is 0 Å². The first-order chi connectivity index (χ1) is 24.4. The number of aliphatic hydroxyl groups is 1. The van der Waals surface area contributed by atoms with Crippen molar-refractivity contribution in [1.29, 1.82) is 0 Å². The lowest BCUT2D eigenvalue weighted by Gasteiger charge is -2.26. The van der Waals surface area contributed by atoms with Crippen molar-refractivity contribution in [2.45, 2.75) is 72.1 Å². The van der Waals surface area contributed by atoms with Gasteiger partial charge in [-0.2, -0.15) is 0 Å². The predicted octanol–water partition coefficient (Wildman–Crippen LogP) is 4.05. The van der Waals surface area contributed by atoms with E-state index in [9.17, 15) is 33.9 Å². The molecule has 1 aliphatic rings. The Kier molecular flexibility index (Phi) is 13.8. The van der Waals surface area contributed by atoms with Crippen LogP contribution in [0.1, 0.15) is 75.1 Å². The van der Waals surface area contributed by atoms with E-state index in [1.165, 1.54) is 6.92 Å². The maximum absolute atomic E-state index is 13.4. The number of nitrogens with zero attached hydrogens (tertiary/aromatic N) is 1. The summed E-state index contributed by atoms with van der Waals surface area (Å²) in [6, 6.07) is 20.8. The minimum Gasteiger partial charge on any atom is -0.392 e. The molecule has 1 heterocycles. The number of carbonyl (C=O) groups is 6. The summed E-state index contributed by atoms with van der Waals surface area (Å²) in [7, 11) is 0. The molecule has 2 atom stereocenters. The molecule has 0 spiro atoms. The number of para-hydroxylation sites is 1. The van der Waals surface area contributed by atoms with Crippen LogP contribution in [0.5, 0.6) is 0 Å². The van der Waals surface area contributed by atoms with Crippen LogP contribution >= 0.6 is 0 Å². The monoisotopic (exact) mass is 692 g/mol. The first-order valence-electron chi connectivity index (χ1n) is 17.1. The molecule has 0 saturated carbocycles. The number of fused-ring (bicyclic) bond motifs is 2. The van der Waals surface area contributed by atoms with Gasteiger partial charge >= 0.3 is 0 Å². The molecule has 0 aliphatic carbocycles. The number of Topliss-reactive ketones (excluding diaryl/α,β-unsaturated/α-hetero) is 2. The summed E-state index contributed by atoms with van der Waals surface area (Å²) in [6.45, 7) is 5.02. The first kappa shape index (κ1) is 38.2. The van der Waals surface area contributed by atoms with E-state index in [-0.39, 0.29) is 68.6 Å². The summed E-state index contributed by atoms with van der Waals surface area (Å²) in [5.74, 6) is 3.15. The average molecular weight is 693 g/mol. The molecule has 266 valence electrons. The van der Waals surface area contributed by atoms with E-state index in [1.54, 1.807) is 43.0 Å². The van der Waals surface area contributed by atoms with Gasteiger partial charge in [-0.25, -0.2) is 0 Å². The number of anilines is 2. The smallest absolute Gasteiger partial charge is 0.246 e. The van der Waals surface area contributed by atoms with Crippen molar-refractivity contribution in [3.05, 3.63) is 95.1 Å². The van der Waals surface area contributed by atoms with E-state index in [0.717, 1.165) is 16.7 Å². The van der Waals surface area contributed by atoms with Crippen LogP contribution in [0, 0.1) is 23.7 Å². The number of hydrogen-bond acceptors (Lipinski definition) is 7. The maximum atomic E-state index is 13.4.